The van der Waals surface area contributed by atoms with Crippen molar-refractivity contribution in [3.05, 3.63) is 56.4 Å². The Labute approximate surface area is 152 Å². The summed E-state index contributed by atoms with van der Waals surface area (Å²) in [6, 6.07) is 3.82. The monoisotopic (exact) mass is 375 g/mol. The van der Waals surface area contributed by atoms with Gasteiger partial charge in [-0.1, -0.05) is 6.07 Å². The number of anilines is 1. The lowest BCUT2D eigenvalue weighted by molar-refractivity contribution is -0.579. The van der Waals surface area contributed by atoms with Gasteiger partial charge in [-0.25, -0.2) is 8.78 Å². The van der Waals surface area contributed by atoms with E-state index in [-0.39, 0.29) is 18.7 Å². The second kappa shape index (κ2) is 6.68. The predicted octanol–water partition coefficient (Wildman–Crippen LogP) is 3.91. The Morgan fingerprint density at radius 2 is 1.96 bits per heavy atom. The molecule has 0 fully saturated rings. The van der Waals surface area contributed by atoms with Gasteiger partial charge in [-0.05, 0) is 43.4 Å². The smallest absolute Gasteiger partial charge is 0.228 e. The van der Waals surface area contributed by atoms with E-state index in [1.54, 1.807) is 0 Å². The summed E-state index contributed by atoms with van der Waals surface area (Å²) in [6.45, 7) is -0.251. The van der Waals surface area contributed by atoms with Crippen molar-refractivity contribution in [1.29, 1.82) is 0 Å². The first-order valence-electron chi connectivity index (χ1n) is 8.45. The van der Waals surface area contributed by atoms with E-state index < -0.39 is 11.6 Å². The van der Waals surface area contributed by atoms with Gasteiger partial charge in [0.15, 0.2) is 11.6 Å². The molecule has 2 heterocycles. The van der Waals surface area contributed by atoms with Crippen LogP contribution in [-0.2, 0) is 25.9 Å². The zero-order valence-electron chi connectivity index (χ0n) is 14.0. The number of nitrogens with two attached hydrogens (primary N) is 1. The summed E-state index contributed by atoms with van der Waals surface area (Å²) in [6.07, 6.45) is 4.00. The number of fused-ring (bicyclic) bond motifs is 3. The van der Waals surface area contributed by atoms with Gasteiger partial charge in [0, 0.05) is 15.1 Å². The van der Waals surface area contributed by atoms with Gasteiger partial charge < -0.3 is 5.73 Å². The lowest BCUT2D eigenvalue weighted by atomic mass is 9.94. The lowest BCUT2D eigenvalue weighted by Gasteiger charge is -2.14. The molecule has 0 radical (unpaired) electrons. The van der Waals surface area contributed by atoms with E-state index in [1.165, 1.54) is 23.5 Å². The molecule has 0 spiro atoms. The number of hydrogen-bond donors (Lipinski definition) is 1. The number of aryl methyl sites for hydroxylation is 2. The van der Waals surface area contributed by atoms with Gasteiger partial charge in [-0.3, -0.25) is 0 Å². The molecule has 2 N–H and O–H groups in total. The third kappa shape index (κ3) is 2.94. The van der Waals surface area contributed by atoms with Crippen LogP contribution in [0, 0.1) is 16.5 Å². The van der Waals surface area contributed by atoms with Gasteiger partial charge in [0.1, 0.15) is 4.83 Å². The molecule has 0 unspecified atom stereocenters. The minimum Gasteiger partial charge on any atom is -0.397 e. The number of benzene rings is 1. The summed E-state index contributed by atoms with van der Waals surface area (Å²) in [7, 11) is 0. The summed E-state index contributed by atoms with van der Waals surface area (Å²) in [5.74, 6) is -1.95. The number of nitrogens with zero attached hydrogens (tertiary/aromatic N) is 3. The fourth-order valence-electron chi connectivity index (χ4n) is 3.41. The zero-order chi connectivity index (χ0) is 18.3. The van der Waals surface area contributed by atoms with Crippen LogP contribution in [0.1, 0.15) is 34.5 Å². The SMILES string of the molecule is Nc1c(C[N+](=O)Cc2cccc(F)c2F)sc2nnc3c(c12)CCCC3. The summed E-state index contributed by atoms with van der Waals surface area (Å²) in [5, 5.41) is 9.45. The summed E-state index contributed by atoms with van der Waals surface area (Å²) >= 11 is 1.33. The number of halogens is 2. The van der Waals surface area contributed by atoms with Crippen LogP contribution in [0.25, 0.3) is 10.2 Å². The van der Waals surface area contributed by atoms with Crippen LogP contribution in [0.5, 0.6) is 0 Å². The molecule has 8 heteroatoms. The normalized spacial score (nSPS) is 13.8. The highest BCUT2D eigenvalue weighted by atomic mass is 32.1. The van der Waals surface area contributed by atoms with Gasteiger partial charge in [-0.15, -0.1) is 16.4 Å². The fourth-order valence-corrected chi connectivity index (χ4v) is 4.48. The lowest BCUT2D eigenvalue weighted by Crippen LogP contribution is -2.10. The van der Waals surface area contributed by atoms with E-state index in [0.717, 1.165) is 53.2 Å². The summed E-state index contributed by atoms with van der Waals surface area (Å²) < 4.78 is 27.7. The molecule has 5 nitrogen and oxygen atoms in total. The van der Waals surface area contributed by atoms with Crippen LogP contribution >= 0.6 is 11.3 Å². The van der Waals surface area contributed by atoms with E-state index in [1.807, 2.05) is 0 Å². The molecular formula is C18H17F2N4OS+. The standard InChI is InChI=1S/C18H17F2N4OS/c19-12-6-3-4-10(16(12)20)8-24(25)9-14-17(21)15-11-5-1-2-7-13(11)22-23-18(15)26-14/h3-4,6H,1-2,5,7-9,21H2/q+1. The number of nitroso groups, excluding NO2 is 1. The Kier molecular flexibility index (Phi) is 4.36. The Morgan fingerprint density at radius 3 is 2.81 bits per heavy atom. The Bertz CT molecular complexity index is 1020. The van der Waals surface area contributed by atoms with Crippen molar-refractivity contribution < 1.29 is 13.5 Å². The zero-order valence-corrected chi connectivity index (χ0v) is 14.8. The molecule has 1 aliphatic carbocycles. The van der Waals surface area contributed by atoms with Crippen molar-refractivity contribution in [2.45, 2.75) is 38.8 Å². The van der Waals surface area contributed by atoms with Crippen molar-refractivity contribution in [2.24, 2.45) is 0 Å². The van der Waals surface area contributed by atoms with E-state index >= 15 is 0 Å². The molecule has 0 amide bonds. The van der Waals surface area contributed by atoms with Gasteiger partial charge in [0.25, 0.3) is 0 Å². The molecule has 0 saturated carbocycles. The maximum atomic E-state index is 13.8. The molecule has 1 aliphatic rings. The number of nitrogen functional groups attached to an aromatic ring is 1. The van der Waals surface area contributed by atoms with Crippen LogP contribution in [0.3, 0.4) is 0 Å². The third-order valence-electron chi connectivity index (χ3n) is 4.70. The van der Waals surface area contributed by atoms with Gasteiger partial charge >= 0.3 is 0 Å². The van der Waals surface area contributed by atoms with E-state index in [9.17, 15) is 13.7 Å². The topological polar surface area (TPSA) is 71.9 Å². The van der Waals surface area contributed by atoms with Gasteiger partial charge in [-0.2, -0.15) is 5.10 Å². The van der Waals surface area contributed by atoms with Gasteiger partial charge in [0.2, 0.25) is 13.1 Å². The molecule has 3 aromatic rings. The second-order valence-electron chi connectivity index (χ2n) is 6.46. The largest absolute Gasteiger partial charge is 0.397 e. The van der Waals surface area contributed by atoms with Crippen molar-refractivity contribution in [3.63, 3.8) is 0 Å². The Balaban J connectivity index is 1.62. The molecule has 134 valence electrons. The van der Waals surface area contributed by atoms with E-state index in [0.29, 0.717) is 15.3 Å². The van der Waals surface area contributed by atoms with Gasteiger partial charge in [0.05, 0.1) is 21.8 Å². The van der Waals surface area contributed by atoms with Crippen LogP contribution in [0.4, 0.5) is 14.5 Å². The minimum absolute atomic E-state index is 0.00239. The number of rotatable bonds is 4. The average Bonchev–Trinajstić information content (AvgIpc) is 2.95. The molecular weight excluding hydrogens is 358 g/mol. The van der Waals surface area contributed by atoms with Crippen LogP contribution in [-0.4, -0.2) is 15.0 Å². The number of aromatic nitrogens is 2. The highest BCUT2D eigenvalue weighted by Gasteiger charge is 2.24. The van der Waals surface area contributed by atoms with E-state index in [4.69, 9.17) is 5.73 Å². The molecule has 0 saturated heterocycles. The van der Waals surface area contributed by atoms with Crippen LogP contribution in [0.15, 0.2) is 18.2 Å². The highest BCUT2D eigenvalue weighted by molar-refractivity contribution is 7.19. The quantitative estimate of drug-likeness (QED) is 0.702. The average molecular weight is 375 g/mol. The number of thiophene rings is 1. The molecule has 0 atom stereocenters. The van der Waals surface area contributed by atoms with Crippen molar-refractivity contribution >= 4 is 27.2 Å². The molecule has 0 bridgehead atoms. The van der Waals surface area contributed by atoms with Crippen LogP contribution in [0.2, 0.25) is 0 Å². The fraction of sp³-hybridized carbons (Fsp3) is 0.333. The first-order valence-corrected chi connectivity index (χ1v) is 9.26. The van der Waals surface area contributed by atoms with Crippen molar-refractivity contribution in [3.8, 4) is 0 Å². The Morgan fingerprint density at radius 1 is 1.15 bits per heavy atom. The van der Waals surface area contributed by atoms with Crippen molar-refractivity contribution in [2.75, 3.05) is 5.73 Å². The Hall–Kier alpha value is -2.48. The summed E-state index contributed by atoms with van der Waals surface area (Å²) in [5.41, 5.74) is 9.00. The molecule has 2 aromatic heterocycles. The highest BCUT2D eigenvalue weighted by Crippen LogP contribution is 2.37. The molecule has 4 rings (SSSR count). The maximum absolute atomic E-state index is 13.8. The maximum Gasteiger partial charge on any atom is 0.228 e. The molecule has 0 aliphatic heterocycles. The molecule has 1 aromatic carbocycles. The summed E-state index contributed by atoms with van der Waals surface area (Å²) in [4.78, 5) is 13.7. The third-order valence-corrected chi connectivity index (χ3v) is 5.78. The van der Waals surface area contributed by atoms with Crippen LogP contribution < -0.4 is 5.73 Å². The first kappa shape index (κ1) is 17.0. The minimum atomic E-state index is -0.988. The predicted molar refractivity (Wildman–Crippen MR) is 95.9 cm³/mol. The molecule has 26 heavy (non-hydrogen) atoms. The second-order valence-corrected chi connectivity index (χ2v) is 7.55. The first-order chi connectivity index (χ1) is 12.5. The number of hydrogen-bond acceptors (Lipinski definition) is 5. The van der Waals surface area contributed by atoms with E-state index in [2.05, 4.69) is 10.2 Å². The van der Waals surface area contributed by atoms with Crippen molar-refractivity contribution in [1.82, 2.24) is 10.2 Å².